The standard InChI is InChI=1S/C15H19NO3/c1-3-11-8-10(4-6-13(11)19-2)9-12-5-7-14(17)16-15(12)18/h4,6,8,12H,3,5,7,9H2,1-2H3,(H,16,17,18). The third kappa shape index (κ3) is 3.13. The van der Waals surface area contributed by atoms with Crippen LogP contribution in [0.5, 0.6) is 5.75 Å². The fourth-order valence-electron chi connectivity index (χ4n) is 2.45. The Morgan fingerprint density at radius 2 is 2.16 bits per heavy atom. The summed E-state index contributed by atoms with van der Waals surface area (Å²) in [6.07, 6.45) is 2.65. The number of rotatable bonds is 4. The highest BCUT2D eigenvalue weighted by Gasteiger charge is 2.26. The molecule has 1 aliphatic heterocycles. The average molecular weight is 261 g/mol. The molecule has 0 radical (unpaired) electrons. The van der Waals surface area contributed by atoms with Crippen LogP contribution >= 0.6 is 0 Å². The largest absolute Gasteiger partial charge is 0.496 e. The summed E-state index contributed by atoms with van der Waals surface area (Å²) in [5, 5.41) is 2.40. The van der Waals surface area contributed by atoms with E-state index in [4.69, 9.17) is 4.74 Å². The molecule has 1 saturated heterocycles. The molecule has 19 heavy (non-hydrogen) atoms. The minimum atomic E-state index is -0.162. The van der Waals surface area contributed by atoms with Gasteiger partial charge in [0.15, 0.2) is 0 Å². The first kappa shape index (κ1) is 13.6. The second kappa shape index (κ2) is 5.87. The lowest BCUT2D eigenvalue weighted by atomic mass is 9.90. The zero-order valence-electron chi connectivity index (χ0n) is 11.4. The lowest BCUT2D eigenvalue weighted by Crippen LogP contribution is -2.41. The van der Waals surface area contributed by atoms with E-state index in [1.54, 1.807) is 7.11 Å². The molecule has 4 nitrogen and oxygen atoms in total. The number of amides is 2. The van der Waals surface area contributed by atoms with Gasteiger partial charge in [0.1, 0.15) is 5.75 Å². The Kier molecular flexibility index (Phi) is 4.20. The number of benzene rings is 1. The number of hydrogen-bond acceptors (Lipinski definition) is 3. The predicted octanol–water partition coefficient (Wildman–Crippen LogP) is 1.85. The van der Waals surface area contributed by atoms with Crippen LogP contribution in [-0.4, -0.2) is 18.9 Å². The zero-order valence-corrected chi connectivity index (χ0v) is 11.4. The van der Waals surface area contributed by atoms with E-state index < -0.39 is 0 Å². The predicted molar refractivity (Wildman–Crippen MR) is 71.9 cm³/mol. The number of ether oxygens (including phenoxy) is 1. The molecule has 2 amide bonds. The average Bonchev–Trinajstić information content (AvgIpc) is 2.41. The molecule has 1 N–H and O–H groups in total. The lowest BCUT2D eigenvalue weighted by Gasteiger charge is -2.21. The summed E-state index contributed by atoms with van der Waals surface area (Å²) in [5.74, 6) is 0.473. The van der Waals surface area contributed by atoms with Crippen molar-refractivity contribution in [1.29, 1.82) is 0 Å². The molecule has 1 aromatic rings. The highest BCUT2D eigenvalue weighted by molar-refractivity contribution is 5.98. The molecular formula is C15H19NO3. The molecule has 1 atom stereocenters. The maximum absolute atomic E-state index is 11.7. The van der Waals surface area contributed by atoms with Crippen LogP contribution in [0.4, 0.5) is 0 Å². The van der Waals surface area contributed by atoms with Gasteiger partial charge in [0, 0.05) is 12.3 Å². The van der Waals surface area contributed by atoms with E-state index in [9.17, 15) is 9.59 Å². The number of hydrogen-bond donors (Lipinski definition) is 1. The molecule has 0 aliphatic carbocycles. The fourth-order valence-corrected chi connectivity index (χ4v) is 2.45. The molecular weight excluding hydrogens is 242 g/mol. The van der Waals surface area contributed by atoms with E-state index in [0.717, 1.165) is 23.3 Å². The van der Waals surface area contributed by atoms with Crippen LogP contribution in [0.15, 0.2) is 18.2 Å². The van der Waals surface area contributed by atoms with Crippen molar-refractivity contribution in [2.45, 2.75) is 32.6 Å². The monoisotopic (exact) mass is 261 g/mol. The molecule has 0 aromatic heterocycles. The summed E-state index contributed by atoms with van der Waals surface area (Å²) in [5.41, 5.74) is 2.26. The number of piperidine rings is 1. The van der Waals surface area contributed by atoms with Crippen LogP contribution in [0.1, 0.15) is 30.9 Å². The van der Waals surface area contributed by atoms with Gasteiger partial charge in [-0.3, -0.25) is 14.9 Å². The molecule has 0 spiro atoms. The van der Waals surface area contributed by atoms with E-state index in [0.29, 0.717) is 19.3 Å². The van der Waals surface area contributed by atoms with E-state index in [1.807, 2.05) is 12.1 Å². The second-order valence-corrected chi connectivity index (χ2v) is 4.85. The SMILES string of the molecule is CCc1cc(CC2CCC(=O)NC2=O)ccc1OC. The van der Waals surface area contributed by atoms with Crippen LogP contribution in [0.3, 0.4) is 0 Å². The summed E-state index contributed by atoms with van der Waals surface area (Å²) in [6, 6.07) is 6.02. The van der Waals surface area contributed by atoms with E-state index in [2.05, 4.69) is 18.3 Å². The summed E-state index contributed by atoms with van der Waals surface area (Å²) >= 11 is 0. The van der Waals surface area contributed by atoms with Gasteiger partial charge in [-0.1, -0.05) is 19.1 Å². The van der Waals surface area contributed by atoms with Gasteiger partial charge in [-0.15, -0.1) is 0 Å². The molecule has 1 heterocycles. The topological polar surface area (TPSA) is 55.4 Å². The first-order chi connectivity index (χ1) is 9.13. The number of methoxy groups -OCH3 is 1. The van der Waals surface area contributed by atoms with Gasteiger partial charge in [0.05, 0.1) is 7.11 Å². The quantitative estimate of drug-likeness (QED) is 0.842. The molecule has 102 valence electrons. The molecule has 1 fully saturated rings. The van der Waals surface area contributed by atoms with Gasteiger partial charge >= 0.3 is 0 Å². The van der Waals surface area contributed by atoms with Gasteiger partial charge in [-0.05, 0) is 36.5 Å². The van der Waals surface area contributed by atoms with Crippen LogP contribution in [0, 0.1) is 5.92 Å². The maximum atomic E-state index is 11.7. The van der Waals surface area contributed by atoms with Gasteiger partial charge in [0.2, 0.25) is 11.8 Å². The number of imide groups is 1. The van der Waals surface area contributed by atoms with Crippen molar-refractivity contribution in [1.82, 2.24) is 5.32 Å². The summed E-state index contributed by atoms with van der Waals surface area (Å²) in [4.78, 5) is 22.8. The van der Waals surface area contributed by atoms with Crippen molar-refractivity contribution in [3.8, 4) is 5.75 Å². The summed E-state index contributed by atoms with van der Waals surface area (Å²) in [7, 11) is 1.66. The van der Waals surface area contributed by atoms with Gasteiger partial charge < -0.3 is 4.74 Å². The Bertz CT molecular complexity index is 496. The number of carbonyl (C=O) groups is 2. The number of nitrogens with one attached hydrogen (secondary N) is 1. The van der Waals surface area contributed by atoms with Crippen LogP contribution in [0.25, 0.3) is 0 Å². The smallest absolute Gasteiger partial charge is 0.230 e. The van der Waals surface area contributed by atoms with E-state index >= 15 is 0 Å². The van der Waals surface area contributed by atoms with Gasteiger partial charge in [-0.2, -0.15) is 0 Å². The minimum Gasteiger partial charge on any atom is -0.496 e. The highest BCUT2D eigenvalue weighted by atomic mass is 16.5. The van der Waals surface area contributed by atoms with E-state index in [-0.39, 0.29) is 17.7 Å². The molecule has 0 bridgehead atoms. The molecule has 2 rings (SSSR count). The number of carbonyl (C=O) groups excluding carboxylic acids is 2. The zero-order chi connectivity index (χ0) is 13.8. The number of aryl methyl sites for hydroxylation is 1. The fraction of sp³-hybridized carbons (Fsp3) is 0.467. The van der Waals surface area contributed by atoms with Crippen LogP contribution in [0.2, 0.25) is 0 Å². The van der Waals surface area contributed by atoms with Crippen LogP contribution < -0.4 is 10.1 Å². The van der Waals surface area contributed by atoms with Crippen molar-refractivity contribution in [2.24, 2.45) is 5.92 Å². The molecule has 1 aromatic carbocycles. The van der Waals surface area contributed by atoms with Gasteiger partial charge in [0.25, 0.3) is 0 Å². The Hall–Kier alpha value is -1.84. The molecule has 4 heteroatoms. The van der Waals surface area contributed by atoms with Crippen molar-refractivity contribution >= 4 is 11.8 Å². The van der Waals surface area contributed by atoms with Crippen molar-refractivity contribution in [2.75, 3.05) is 7.11 Å². The first-order valence-corrected chi connectivity index (χ1v) is 6.63. The Balaban J connectivity index is 2.11. The Labute approximate surface area is 113 Å². The van der Waals surface area contributed by atoms with Crippen LogP contribution in [-0.2, 0) is 22.4 Å². The van der Waals surface area contributed by atoms with Crippen molar-refractivity contribution in [3.05, 3.63) is 29.3 Å². The minimum absolute atomic E-state index is 0.101. The van der Waals surface area contributed by atoms with Gasteiger partial charge in [-0.25, -0.2) is 0 Å². The molecule has 1 unspecified atom stereocenters. The van der Waals surface area contributed by atoms with Crippen molar-refractivity contribution < 1.29 is 14.3 Å². The van der Waals surface area contributed by atoms with Crippen molar-refractivity contribution in [3.63, 3.8) is 0 Å². The third-order valence-electron chi connectivity index (χ3n) is 3.56. The second-order valence-electron chi connectivity index (χ2n) is 4.85. The molecule has 1 aliphatic rings. The first-order valence-electron chi connectivity index (χ1n) is 6.63. The summed E-state index contributed by atoms with van der Waals surface area (Å²) in [6.45, 7) is 2.08. The lowest BCUT2D eigenvalue weighted by molar-refractivity contribution is -0.136. The van der Waals surface area contributed by atoms with E-state index in [1.165, 1.54) is 0 Å². The normalized spacial score (nSPS) is 19.2. The molecule has 0 saturated carbocycles. The Morgan fingerprint density at radius 1 is 1.37 bits per heavy atom. The Morgan fingerprint density at radius 3 is 2.79 bits per heavy atom. The third-order valence-corrected chi connectivity index (χ3v) is 3.56. The maximum Gasteiger partial charge on any atom is 0.230 e. The summed E-state index contributed by atoms with van der Waals surface area (Å²) < 4.78 is 5.29. The highest BCUT2D eigenvalue weighted by Crippen LogP contribution is 2.24.